The van der Waals surface area contributed by atoms with Crippen molar-refractivity contribution in [1.82, 2.24) is 10.6 Å². The molecule has 0 unspecified atom stereocenters. The van der Waals surface area contributed by atoms with Crippen molar-refractivity contribution >= 4 is 29.9 Å². The Bertz CT molecular complexity index is 419. The van der Waals surface area contributed by atoms with Gasteiger partial charge in [0.05, 0.1) is 13.2 Å². The van der Waals surface area contributed by atoms with Crippen LogP contribution in [0.4, 0.5) is 4.39 Å². The van der Waals surface area contributed by atoms with Gasteiger partial charge in [-0.3, -0.25) is 0 Å². The van der Waals surface area contributed by atoms with E-state index in [0.717, 1.165) is 24.6 Å². The van der Waals surface area contributed by atoms with Crippen molar-refractivity contribution in [3.05, 3.63) is 29.6 Å². The Hall–Kier alpha value is -1.05. The summed E-state index contributed by atoms with van der Waals surface area (Å²) in [6.07, 6.45) is 0. The van der Waals surface area contributed by atoms with Gasteiger partial charge in [-0.2, -0.15) is 0 Å². The van der Waals surface area contributed by atoms with Crippen LogP contribution < -0.4 is 15.4 Å². The second-order valence-electron chi connectivity index (χ2n) is 3.92. The van der Waals surface area contributed by atoms with E-state index < -0.39 is 0 Å². The van der Waals surface area contributed by atoms with Crippen molar-refractivity contribution in [2.75, 3.05) is 19.7 Å². The Labute approximate surface area is 137 Å². The van der Waals surface area contributed by atoms with E-state index in [2.05, 4.69) is 15.6 Å². The van der Waals surface area contributed by atoms with Crippen LogP contribution >= 0.6 is 24.0 Å². The van der Waals surface area contributed by atoms with E-state index in [9.17, 15) is 4.39 Å². The van der Waals surface area contributed by atoms with Crippen molar-refractivity contribution in [2.24, 2.45) is 4.99 Å². The van der Waals surface area contributed by atoms with E-state index in [1.165, 1.54) is 6.07 Å². The molecule has 0 saturated carbocycles. The molecule has 4 nitrogen and oxygen atoms in total. The lowest BCUT2D eigenvalue weighted by molar-refractivity contribution is 0.321. The van der Waals surface area contributed by atoms with E-state index >= 15 is 0 Å². The number of nitrogens with one attached hydrogen (secondary N) is 2. The summed E-state index contributed by atoms with van der Waals surface area (Å²) < 4.78 is 18.8. The van der Waals surface area contributed by atoms with Crippen LogP contribution in [-0.4, -0.2) is 25.7 Å². The van der Waals surface area contributed by atoms with Gasteiger partial charge in [0.25, 0.3) is 0 Å². The Kier molecular flexibility index (Phi) is 10.1. The molecule has 0 spiro atoms. The van der Waals surface area contributed by atoms with Gasteiger partial charge in [0.1, 0.15) is 0 Å². The molecule has 0 radical (unpaired) electrons. The Morgan fingerprint density at radius 3 is 2.35 bits per heavy atom. The molecule has 114 valence electrons. The van der Waals surface area contributed by atoms with Crippen LogP contribution in [0.25, 0.3) is 0 Å². The highest BCUT2D eigenvalue weighted by molar-refractivity contribution is 14.0. The first-order valence-electron chi connectivity index (χ1n) is 6.64. The average Bonchev–Trinajstić information content (AvgIpc) is 2.39. The summed E-state index contributed by atoms with van der Waals surface area (Å²) in [5.74, 6) is 0.677. The van der Waals surface area contributed by atoms with Gasteiger partial charge < -0.3 is 15.4 Å². The molecule has 0 aliphatic carbocycles. The molecule has 20 heavy (non-hydrogen) atoms. The predicted octanol–water partition coefficient (Wildman–Crippen LogP) is 2.92. The zero-order valence-corrected chi connectivity index (χ0v) is 14.5. The lowest BCUT2D eigenvalue weighted by Gasteiger charge is -2.09. The van der Waals surface area contributed by atoms with Crippen LogP contribution in [0.2, 0.25) is 0 Å². The SMILES string of the molecule is CCNC(=NCc1ccc(OCC)c(F)c1)NCC.I. The summed E-state index contributed by atoms with van der Waals surface area (Å²) >= 11 is 0. The molecule has 6 heteroatoms. The first-order chi connectivity index (χ1) is 9.21. The maximum Gasteiger partial charge on any atom is 0.191 e. The van der Waals surface area contributed by atoms with E-state index in [4.69, 9.17) is 4.74 Å². The molecule has 0 aromatic heterocycles. The van der Waals surface area contributed by atoms with Crippen LogP contribution in [0.15, 0.2) is 23.2 Å². The second-order valence-corrected chi connectivity index (χ2v) is 3.92. The number of hydrogen-bond acceptors (Lipinski definition) is 2. The third-order valence-corrected chi connectivity index (χ3v) is 2.40. The lowest BCUT2D eigenvalue weighted by atomic mass is 10.2. The molecule has 0 fully saturated rings. The first-order valence-corrected chi connectivity index (χ1v) is 6.64. The fourth-order valence-electron chi connectivity index (χ4n) is 1.59. The van der Waals surface area contributed by atoms with Crippen molar-refractivity contribution in [1.29, 1.82) is 0 Å². The van der Waals surface area contributed by atoms with Gasteiger partial charge in [-0.15, -0.1) is 24.0 Å². The van der Waals surface area contributed by atoms with Crippen LogP contribution in [0.5, 0.6) is 5.75 Å². The fourth-order valence-corrected chi connectivity index (χ4v) is 1.59. The van der Waals surface area contributed by atoms with Crippen molar-refractivity contribution < 1.29 is 9.13 Å². The Balaban J connectivity index is 0.00000361. The topological polar surface area (TPSA) is 45.7 Å². The van der Waals surface area contributed by atoms with E-state index in [0.29, 0.717) is 13.2 Å². The van der Waals surface area contributed by atoms with Crippen LogP contribution in [0.1, 0.15) is 26.3 Å². The minimum atomic E-state index is -0.344. The number of aliphatic imine (C=N–C) groups is 1. The highest BCUT2D eigenvalue weighted by Gasteiger charge is 2.04. The molecule has 1 rings (SSSR count). The molecule has 0 heterocycles. The van der Waals surface area contributed by atoms with Crippen LogP contribution in [-0.2, 0) is 6.54 Å². The molecule has 1 aromatic carbocycles. The predicted molar refractivity (Wildman–Crippen MR) is 91.5 cm³/mol. The largest absolute Gasteiger partial charge is 0.491 e. The summed E-state index contributed by atoms with van der Waals surface area (Å²) in [7, 11) is 0. The number of nitrogens with zero attached hydrogens (tertiary/aromatic N) is 1. The summed E-state index contributed by atoms with van der Waals surface area (Å²) in [4.78, 5) is 4.38. The summed E-state index contributed by atoms with van der Waals surface area (Å²) in [6.45, 7) is 8.31. The summed E-state index contributed by atoms with van der Waals surface area (Å²) in [5.41, 5.74) is 0.814. The molecule has 0 bridgehead atoms. The average molecular weight is 395 g/mol. The van der Waals surface area contributed by atoms with Crippen LogP contribution in [0, 0.1) is 5.82 Å². The van der Waals surface area contributed by atoms with Gasteiger partial charge in [-0.05, 0) is 38.5 Å². The molecule has 2 N–H and O–H groups in total. The third-order valence-electron chi connectivity index (χ3n) is 2.40. The maximum absolute atomic E-state index is 13.7. The van der Waals surface area contributed by atoms with Gasteiger partial charge in [0, 0.05) is 13.1 Å². The van der Waals surface area contributed by atoms with Gasteiger partial charge in [-0.25, -0.2) is 9.38 Å². The Morgan fingerprint density at radius 2 is 1.85 bits per heavy atom. The standard InChI is InChI=1S/C14H22FN3O.HI/c1-4-16-14(17-5-2)18-10-11-7-8-13(19-6-3)12(15)9-11;/h7-9H,4-6,10H2,1-3H3,(H2,16,17,18);1H. The Morgan fingerprint density at radius 1 is 1.20 bits per heavy atom. The zero-order valence-electron chi connectivity index (χ0n) is 12.2. The van der Waals surface area contributed by atoms with Crippen molar-refractivity contribution in [3.8, 4) is 5.75 Å². The van der Waals surface area contributed by atoms with E-state index in [-0.39, 0.29) is 35.5 Å². The molecule has 0 saturated heterocycles. The van der Waals surface area contributed by atoms with Gasteiger partial charge in [0.15, 0.2) is 17.5 Å². The number of benzene rings is 1. The summed E-state index contributed by atoms with van der Waals surface area (Å²) in [6, 6.07) is 4.93. The highest BCUT2D eigenvalue weighted by atomic mass is 127. The number of guanidine groups is 1. The molecule has 0 aliphatic rings. The van der Waals surface area contributed by atoms with Gasteiger partial charge in [0.2, 0.25) is 0 Å². The first kappa shape index (κ1) is 18.9. The van der Waals surface area contributed by atoms with E-state index in [1.807, 2.05) is 26.8 Å². The quantitative estimate of drug-likeness (QED) is 0.443. The van der Waals surface area contributed by atoms with Gasteiger partial charge >= 0.3 is 0 Å². The molecule has 0 aliphatic heterocycles. The molecule has 1 aromatic rings. The summed E-state index contributed by atoms with van der Waals surface area (Å²) in [5, 5.41) is 6.24. The van der Waals surface area contributed by atoms with E-state index in [1.54, 1.807) is 6.07 Å². The zero-order chi connectivity index (χ0) is 14.1. The molecular weight excluding hydrogens is 372 g/mol. The van der Waals surface area contributed by atoms with Gasteiger partial charge in [-0.1, -0.05) is 6.07 Å². The number of rotatable bonds is 6. The van der Waals surface area contributed by atoms with Crippen molar-refractivity contribution in [3.63, 3.8) is 0 Å². The molecular formula is C14H23FIN3O. The smallest absolute Gasteiger partial charge is 0.191 e. The highest BCUT2D eigenvalue weighted by Crippen LogP contribution is 2.18. The normalized spacial score (nSPS) is 9.40. The number of hydrogen-bond donors (Lipinski definition) is 2. The molecule has 0 amide bonds. The minimum Gasteiger partial charge on any atom is -0.491 e. The molecule has 0 atom stereocenters. The second kappa shape index (κ2) is 10.7. The third kappa shape index (κ3) is 6.40. The maximum atomic E-state index is 13.7. The van der Waals surface area contributed by atoms with Crippen LogP contribution in [0.3, 0.4) is 0 Å². The lowest BCUT2D eigenvalue weighted by Crippen LogP contribution is -2.36. The monoisotopic (exact) mass is 395 g/mol. The number of ether oxygens (including phenoxy) is 1. The number of halogens is 2. The minimum absolute atomic E-state index is 0. The van der Waals surface area contributed by atoms with Crippen molar-refractivity contribution in [2.45, 2.75) is 27.3 Å². The fraction of sp³-hybridized carbons (Fsp3) is 0.500.